The summed E-state index contributed by atoms with van der Waals surface area (Å²) in [6.07, 6.45) is 2.48. The number of carbonyl (C=O) groups excluding carboxylic acids is 1. The molecule has 0 saturated carbocycles. The van der Waals surface area contributed by atoms with Crippen molar-refractivity contribution in [1.82, 2.24) is 4.90 Å². The van der Waals surface area contributed by atoms with Gasteiger partial charge in [-0.05, 0) is 25.7 Å². The number of rotatable bonds is 6. The van der Waals surface area contributed by atoms with Crippen molar-refractivity contribution in [3.05, 3.63) is 0 Å². The maximum absolute atomic E-state index is 12.0. The van der Waals surface area contributed by atoms with E-state index >= 15 is 0 Å². The molecule has 0 aromatic heterocycles. The molecule has 2 atom stereocenters. The summed E-state index contributed by atoms with van der Waals surface area (Å²) in [4.78, 5) is 24.3. The number of carbonyl (C=O) groups is 2. The van der Waals surface area contributed by atoms with Gasteiger partial charge in [-0.25, -0.2) is 4.79 Å². The highest BCUT2D eigenvalue weighted by Crippen LogP contribution is 2.18. The summed E-state index contributed by atoms with van der Waals surface area (Å²) in [5.74, 6) is -1.20. The second-order valence-electron chi connectivity index (χ2n) is 4.27. The third kappa shape index (κ3) is 3.67. The van der Waals surface area contributed by atoms with Crippen molar-refractivity contribution in [3.63, 3.8) is 0 Å². The minimum absolute atomic E-state index is 0.258. The Balaban J connectivity index is 2.47. The number of carboxylic acid groups (broad SMARTS) is 1. The molecule has 0 aromatic rings. The molecular weight excluding hydrogens is 224 g/mol. The zero-order valence-electron chi connectivity index (χ0n) is 10.1. The van der Waals surface area contributed by atoms with Crippen molar-refractivity contribution >= 4 is 11.9 Å². The van der Waals surface area contributed by atoms with Gasteiger partial charge >= 0.3 is 5.97 Å². The van der Waals surface area contributed by atoms with Crippen LogP contribution in [0, 0.1) is 0 Å². The monoisotopic (exact) mass is 244 g/mol. The first-order valence-corrected chi connectivity index (χ1v) is 5.85. The highest BCUT2D eigenvalue weighted by atomic mass is 16.5. The Hall–Kier alpha value is -1.14. The maximum atomic E-state index is 12.0. The number of ether oxygens (including phenoxy) is 1. The van der Waals surface area contributed by atoms with Gasteiger partial charge in [-0.1, -0.05) is 0 Å². The fraction of sp³-hybridized carbons (Fsp3) is 0.818. The minimum Gasteiger partial charge on any atom is -0.480 e. The van der Waals surface area contributed by atoms with Crippen molar-refractivity contribution in [2.24, 2.45) is 5.73 Å². The predicted molar refractivity (Wildman–Crippen MR) is 61.5 cm³/mol. The molecule has 6 heteroatoms. The molecule has 1 rings (SSSR count). The molecule has 1 fully saturated rings. The number of hydrogen-bond acceptors (Lipinski definition) is 4. The van der Waals surface area contributed by atoms with Crippen LogP contribution in [0.15, 0.2) is 0 Å². The molecule has 1 unspecified atom stereocenters. The van der Waals surface area contributed by atoms with Crippen LogP contribution in [0.25, 0.3) is 0 Å². The van der Waals surface area contributed by atoms with Crippen molar-refractivity contribution in [1.29, 1.82) is 0 Å². The third-order valence-electron chi connectivity index (χ3n) is 3.00. The number of aliphatic carboxylic acids is 1. The normalized spacial score (nSPS) is 21.5. The lowest BCUT2D eigenvalue weighted by Gasteiger charge is -2.24. The van der Waals surface area contributed by atoms with Crippen LogP contribution in [-0.4, -0.2) is 54.2 Å². The van der Waals surface area contributed by atoms with Crippen LogP contribution in [0.1, 0.15) is 25.7 Å². The Bertz CT molecular complexity index is 283. The van der Waals surface area contributed by atoms with Crippen molar-refractivity contribution in [2.45, 2.75) is 37.8 Å². The zero-order valence-corrected chi connectivity index (χ0v) is 10.1. The summed E-state index contributed by atoms with van der Waals surface area (Å²) < 4.78 is 4.88. The van der Waals surface area contributed by atoms with E-state index < -0.39 is 18.1 Å². The van der Waals surface area contributed by atoms with Gasteiger partial charge in [0.25, 0.3) is 0 Å². The molecule has 0 aliphatic carbocycles. The molecule has 1 saturated heterocycles. The highest BCUT2D eigenvalue weighted by Gasteiger charge is 2.35. The van der Waals surface area contributed by atoms with E-state index in [1.807, 2.05) is 0 Å². The number of nitrogens with two attached hydrogens (primary N) is 1. The first-order valence-electron chi connectivity index (χ1n) is 5.85. The van der Waals surface area contributed by atoms with Gasteiger partial charge < -0.3 is 20.5 Å². The molecule has 1 amide bonds. The molecule has 1 aliphatic heterocycles. The smallest absolute Gasteiger partial charge is 0.326 e. The predicted octanol–water partition coefficient (Wildman–Crippen LogP) is -0.184. The Morgan fingerprint density at radius 1 is 1.59 bits per heavy atom. The van der Waals surface area contributed by atoms with Gasteiger partial charge in [0.05, 0.1) is 6.04 Å². The lowest BCUT2D eigenvalue weighted by Crippen LogP contribution is -2.48. The number of methoxy groups -OCH3 is 1. The van der Waals surface area contributed by atoms with Gasteiger partial charge in [0.15, 0.2) is 0 Å². The van der Waals surface area contributed by atoms with Gasteiger partial charge in [0.2, 0.25) is 5.91 Å². The van der Waals surface area contributed by atoms with Crippen LogP contribution in [0.5, 0.6) is 0 Å². The summed E-state index contributed by atoms with van der Waals surface area (Å²) >= 11 is 0. The number of nitrogens with zero attached hydrogens (tertiary/aromatic N) is 1. The van der Waals surface area contributed by atoms with E-state index in [1.165, 1.54) is 4.90 Å². The van der Waals surface area contributed by atoms with Crippen LogP contribution < -0.4 is 5.73 Å². The first kappa shape index (κ1) is 13.9. The second-order valence-corrected chi connectivity index (χ2v) is 4.27. The fourth-order valence-electron chi connectivity index (χ4n) is 2.07. The number of likely N-dealkylation sites (tertiary alicyclic amines) is 1. The summed E-state index contributed by atoms with van der Waals surface area (Å²) in [7, 11) is 1.59. The van der Waals surface area contributed by atoms with Gasteiger partial charge in [-0.3, -0.25) is 4.79 Å². The Labute approximate surface area is 101 Å². The highest BCUT2D eigenvalue weighted by molar-refractivity contribution is 5.87. The van der Waals surface area contributed by atoms with E-state index in [0.29, 0.717) is 32.4 Å². The van der Waals surface area contributed by atoms with Crippen LogP contribution >= 0.6 is 0 Å². The molecule has 1 aliphatic rings. The average molecular weight is 244 g/mol. The van der Waals surface area contributed by atoms with Crippen molar-refractivity contribution in [2.75, 3.05) is 20.3 Å². The summed E-state index contributed by atoms with van der Waals surface area (Å²) in [6.45, 7) is 1.05. The van der Waals surface area contributed by atoms with Crippen LogP contribution in [0.2, 0.25) is 0 Å². The Kier molecular flexibility index (Phi) is 5.37. The molecular formula is C11H20N2O4. The van der Waals surface area contributed by atoms with Crippen LogP contribution in [0.4, 0.5) is 0 Å². The molecule has 0 radical (unpaired) electrons. The van der Waals surface area contributed by atoms with E-state index in [-0.39, 0.29) is 5.91 Å². The number of hydrogen-bond donors (Lipinski definition) is 2. The molecule has 0 spiro atoms. The molecule has 0 aromatic carbocycles. The van der Waals surface area contributed by atoms with Gasteiger partial charge in [0.1, 0.15) is 6.04 Å². The lowest BCUT2D eigenvalue weighted by atomic mass is 10.1. The molecule has 3 N–H and O–H groups in total. The molecule has 6 nitrogen and oxygen atoms in total. The summed E-state index contributed by atoms with van der Waals surface area (Å²) in [5.41, 5.74) is 5.76. The molecule has 1 heterocycles. The lowest BCUT2D eigenvalue weighted by molar-refractivity contribution is -0.148. The average Bonchev–Trinajstić information content (AvgIpc) is 2.77. The third-order valence-corrected chi connectivity index (χ3v) is 3.00. The quantitative estimate of drug-likeness (QED) is 0.632. The zero-order chi connectivity index (χ0) is 12.8. The largest absolute Gasteiger partial charge is 0.480 e. The first-order chi connectivity index (χ1) is 8.07. The van der Waals surface area contributed by atoms with Crippen LogP contribution in [0.3, 0.4) is 0 Å². The standard InChI is InChI=1S/C11H20N2O4/c1-17-7-3-4-8(12)10(14)13-6-2-5-9(13)11(15)16/h8-9H,2-7,12H2,1H3,(H,15,16)/t8?,9-/m1/s1. The van der Waals surface area contributed by atoms with E-state index in [1.54, 1.807) is 7.11 Å². The minimum atomic E-state index is -0.944. The SMILES string of the molecule is COCCCC(N)C(=O)N1CCC[C@@H]1C(=O)O. The maximum Gasteiger partial charge on any atom is 0.326 e. The summed E-state index contributed by atoms with van der Waals surface area (Å²) in [6, 6.07) is -1.32. The van der Waals surface area contributed by atoms with Gasteiger partial charge in [-0.2, -0.15) is 0 Å². The molecule has 0 bridgehead atoms. The second kappa shape index (κ2) is 6.56. The van der Waals surface area contributed by atoms with E-state index in [9.17, 15) is 9.59 Å². The van der Waals surface area contributed by atoms with Gasteiger partial charge in [-0.15, -0.1) is 0 Å². The molecule has 17 heavy (non-hydrogen) atoms. The molecule has 98 valence electrons. The fourth-order valence-corrected chi connectivity index (χ4v) is 2.07. The Morgan fingerprint density at radius 3 is 2.88 bits per heavy atom. The van der Waals surface area contributed by atoms with E-state index in [2.05, 4.69) is 0 Å². The van der Waals surface area contributed by atoms with E-state index in [0.717, 1.165) is 6.42 Å². The number of carboxylic acids is 1. The van der Waals surface area contributed by atoms with Gasteiger partial charge in [0, 0.05) is 20.3 Å². The topological polar surface area (TPSA) is 92.9 Å². The van der Waals surface area contributed by atoms with Crippen molar-refractivity contribution < 1.29 is 19.4 Å². The summed E-state index contributed by atoms with van der Waals surface area (Å²) in [5, 5.41) is 8.97. The number of amides is 1. The van der Waals surface area contributed by atoms with Crippen molar-refractivity contribution in [3.8, 4) is 0 Å². The van der Waals surface area contributed by atoms with E-state index in [4.69, 9.17) is 15.6 Å². The Morgan fingerprint density at radius 2 is 2.29 bits per heavy atom. The van der Waals surface area contributed by atoms with Crippen LogP contribution in [-0.2, 0) is 14.3 Å².